The van der Waals surface area contributed by atoms with Crippen molar-refractivity contribution in [2.75, 3.05) is 19.8 Å². The van der Waals surface area contributed by atoms with Crippen molar-refractivity contribution >= 4 is 5.91 Å². The van der Waals surface area contributed by atoms with Crippen molar-refractivity contribution < 1.29 is 9.53 Å². The van der Waals surface area contributed by atoms with E-state index in [1.54, 1.807) is 0 Å². The van der Waals surface area contributed by atoms with Crippen LogP contribution in [-0.4, -0.2) is 42.6 Å². The van der Waals surface area contributed by atoms with Gasteiger partial charge >= 0.3 is 0 Å². The van der Waals surface area contributed by atoms with E-state index in [1.165, 1.54) is 18.4 Å². The molecule has 0 spiro atoms. The number of amides is 1. The van der Waals surface area contributed by atoms with E-state index >= 15 is 0 Å². The average Bonchev–Trinajstić information content (AvgIpc) is 3.36. The number of hydrogen-bond acceptors (Lipinski definition) is 3. The van der Waals surface area contributed by atoms with E-state index in [2.05, 4.69) is 36.2 Å². The highest BCUT2D eigenvalue weighted by Gasteiger charge is 2.41. The number of rotatable bonds is 8. The van der Waals surface area contributed by atoms with Gasteiger partial charge in [0.2, 0.25) is 5.91 Å². The van der Waals surface area contributed by atoms with Gasteiger partial charge in [-0.1, -0.05) is 37.3 Å². The van der Waals surface area contributed by atoms with Gasteiger partial charge < -0.3 is 15.0 Å². The lowest BCUT2D eigenvalue weighted by atomic mass is 9.99. The largest absolute Gasteiger partial charge is 0.379 e. The molecular weight excluding hydrogens is 300 g/mol. The molecule has 1 aliphatic carbocycles. The second kappa shape index (κ2) is 8.13. The first-order chi connectivity index (χ1) is 11.7. The maximum atomic E-state index is 13.3. The lowest BCUT2D eigenvalue weighted by molar-refractivity contribution is -0.139. The summed E-state index contributed by atoms with van der Waals surface area (Å²) in [4.78, 5) is 15.4. The highest BCUT2D eigenvalue weighted by Crippen LogP contribution is 2.36. The second-order valence-corrected chi connectivity index (χ2v) is 7.23. The fourth-order valence-corrected chi connectivity index (χ4v) is 3.58. The van der Waals surface area contributed by atoms with Crippen molar-refractivity contribution in [1.82, 2.24) is 10.2 Å². The third-order valence-corrected chi connectivity index (χ3v) is 5.33. The van der Waals surface area contributed by atoms with Crippen molar-refractivity contribution in [1.29, 1.82) is 0 Å². The smallest absolute Gasteiger partial charge is 0.230 e. The summed E-state index contributed by atoms with van der Waals surface area (Å²) >= 11 is 0. The van der Waals surface area contributed by atoms with Crippen molar-refractivity contribution in [3.05, 3.63) is 35.9 Å². The van der Waals surface area contributed by atoms with E-state index in [0.717, 1.165) is 13.0 Å². The van der Waals surface area contributed by atoms with E-state index in [4.69, 9.17) is 4.74 Å². The first-order valence-corrected chi connectivity index (χ1v) is 9.36. The molecule has 1 heterocycles. The molecule has 0 radical (unpaired) electrons. The summed E-state index contributed by atoms with van der Waals surface area (Å²) < 4.78 is 5.63. The standard InChI is InChI=1S/C20H30N2O2/c1-3-11-21-19-14-24-13-18(19)20(23)22(15(2)17-9-10-17)12-16-7-5-4-6-8-16/h4-8,15,17-19,21H,3,9-14H2,1-2H3. The normalized spacial score (nSPS) is 24.8. The van der Waals surface area contributed by atoms with Crippen molar-refractivity contribution in [2.45, 2.75) is 51.7 Å². The number of carbonyl (C=O) groups is 1. The van der Waals surface area contributed by atoms with Crippen molar-refractivity contribution in [2.24, 2.45) is 11.8 Å². The van der Waals surface area contributed by atoms with Crippen LogP contribution in [0.1, 0.15) is 38.7 Å². The first kappa shape index (κ1) is 17.4. The fraction of sp³-hybridized carbons (Fsp3) is 0.650. The van der Waals surface area contributed by atoms with Crippen molar-refractivity contribution in [3.8, 4) is 0 Å². The molecule has 1 aliphatic heterocycles. The number of benzene rings is 1. The Morgan fingerprint density at radius 1 is 1.29 bits per heavy atom. The highest BCUT2D eigenvalue weighted by molar-refractivity contribution is 5.80. The SMILES string of the molecule is CCCNC1COCC1C(=O)N(Cc1ccccc1)C(C)C1CC1. The number of nitrogens with zero attached hydrogens (tertiary/aromatic N) is 1. The molecule has 4 nitrogen and oxygen atoms in total. The maximum Gasteiger partial charge on any atom is 0.230 e. The minimum atomic E-state index is -0.0542. The molecule has 1 saturated carbocycles. The van der Waals surface area contributed by atoms with Gasteiger partial charge in [-0.25, -0.2) is 0 Å². The quantitative estimate of drug-likeness (QED) is 0.797. The molecule has 1 amide bonds. The van der Waals surface area contributed by atoms with Gasteiger partial charge in [-0.05, 0) is 44.2 Å². The number of hydrogen-bond donors (Lipinski definition) is 1. The summed E-state index contributed by atoms with van der Waals surface area (Å²) in [5.74, 6) is 0.868. The monoisotopic (exact) mass is 330 g/mol. The Morgan fingerprint density at radius 3 is 2.71 bits per heavy atom. The van der Waals surface area contributed by atoms with E-state index in [-0.39, 0.29) is 17.9 Å². The molecule has 3 atom stereocenters. The van der Waals surface area contributed by atoms with Gasteiger partial charge in [0.1, 0.15) is 0 Å². The third kappa shape index (κ3) is 4.17. The summed E-state index contributed by atoms with van der Waals surface area (Å²) in [6.45, 7) is 7.19. The number of nitrogens with one attached hydrogen (secondary N) is 1. The molecule has 1 aromatic carbocycles. The maximum absolute atomic E-state index is 13.3. The van der Waals surface area contributed by atoms with Gasteiger partial charge in [0.05, 0.1) is 19.1 Å². The van der Waals surface area contributed by atoms with Gasteiger partial charge in [0.25, 0.3) is 0 Å². The zero-order valence-electron chi connectivity index (χ0n) is 14.9. The molecule has 1 aromatic rings. The van der Waals surface area contributed by atoms with Crippen LogP contribution in [0.15, 0.2) is 30.3 Å². The fourth-order valence-electron chi connectivity index (χ4n) is 3.58. The molecule has 2 fully saturated rings. The Bertz CT molecular complexity index is 530. The lowest BCUT2D eigenvalue weighted by Crippen LogP contribution is -2.49. The summed E-state index contributed by atoms with van der Waals surface area (Å²) in [7, 11) is 0. The zero-order chi connectivity index (χ0) is 16.9. The minimum absolute atomic E-state index is 0.0542. The topological polar surface area (TPSA) is 41.6 Å². The van der Waals surface area contributed by atoms with Gasteiger partial charge in [-0.2, -0.15) is 0 Å². The molecule has 3 unspecified atom stereocenters. The van der Waals surface area contributed by atoms with Crippen LogP contribution in [0.3, 0.4) is 0 Å². The van der Waals surface area contributed by atoms with Crippen LogP contribution in [0.5, 0.6) is 0 Å². The van der Waals surface area contributed by atoms with E-state index in [9.17, 15) is 4.79 Å². The van der Waals surface area contributed by atoms with E-state index in [0.29, 0.717) is 31.7 Å². The van der Waals surface area contributed by atoms with Crippen LogP contribution in [0, 0.1) is 11.8 Å². The van der Waals surface area contributed by atoms with Gasteiger partial charge in [0, 0.05) is 18.6 Å². The molecular formula is C20H30N2O2. The van der Waals surface area contributed by atoms with E-state index < -0.39 is 0 Å². The van der Waals surface area contributed by atoms with Gasteiger partial charge in [-0.15, -0.1) is 0 Å². The summed E-state index contributed by atoms with van der Waals surface area (Å²) in [5.41, 5.74) is 1.20. The summed E-state index contributed by atoms with van der Waals surface area (Å²) in [6.07, 6.45) is 3.57. The Morgan fingerprint density at radius 2 is 2.04 bits per heavy atom. The Balaban J connectivity index is 1.72. The third-order valence-electron chi connectivity index (χ3n) is 5.33. The molecule has 0 bridgehead atoms. The molecule has 4 heteroatoms. The summed E-state index contributed by atoms with van der Waals surface area (Å²) in [5, 5.41) is 3.49. The minimum Gasteiger partial charge on any atom is -0.379 e. The molecule has 3 rings (SSSR count). The lowest BCUT2D eigenvalue weighted by Gasteiger charge is -2.33. The predicted molar refractivity (Wildman–Crippen MR) is 95.6 cm³/mol. The second-order valence-electron chi connectivity index (χ2n) is 7.23. The Labute approximate surface area is 145 Å². The first-order valence-electron chi connectivity index (χ1n) is 9.36. The zero-order valence-corrected chi connectivity index (χ0v) is 14.9. The van der Waals surface area contributed by atoms with Crippen LogP contribution in [0.25, 0.3) is 0 Å². The molecule has 2 aliphatic rings. The van der Waals surface area contributed by atoms with Crippen LogP contribution in [0.4, 0.5) is 0 Å². The summed E-state index contributed by atoms with van der Waals surface area (Å²) in [6, 6.07) is 10.8. The molecule has 1 saturated heterocycles. The van der Waals surface area contributed by atoms with Crippen LogP contribution in [0.2, 0.25) is 0 Å². The number of carbonyl (C=O) groups excluding carboxylic acids is 1. The van der Waals surface area contributed by atoms with Gasteiger partial charge in [0.15, 0.2) is 0 Å². The molecule has 24 heavy (non-hydrogen) atoms. The molecule has 0 aromatic heterocycles. The highest BCUT2D eigenvalue weighted by atomic mass is 16.5. The Hall–Kier alpha value is -1.39. The molecule has 1 N–H and O–H groups in total. The Kier molecular flexibility index (Phi) is 5.90. The van der Waals surface area contributed by atoms with Crippen molar-refractivity contribution in [3.63, 3.8) is 0 Å². The average molecular weight is 330 g/mol. The van der Waals surface area contributed by atoms with Gasteiger partial charge in [-0.3, -0.25) is 4.79 Å². The predicted octanol–water partition coefficient (Wildman–Crippen LogP) is 2.83. The number of ether oxygens (including phenoxy) is 1. The van der Waals surface area contributed by atoms with E-state index in [1.807, 2.05) is 18.2 Å². The van der Waals surface area contributed by atoms with Crippen LogP contribution < -0.4 is 5.32 Å². The van der Waals surface area contributed by atoms with Crippen LogP contribution in [-0.2, 0) is 16.1 Å². The molecule has 132 valence electrons. The van der Waals surface area contributed by atoms with Crippen LogP contribution >= 0.6 is 0 Å².